The van der Waals surface area contributed by atoms with Gasteiger partial charge >= 0.3 is 0 Å². The number of carbonyl (C=O) groups is 3. The van der Waals surface area contributed by atoms with Crippen molar-refractivity contribution in [2.75, 3.05) is 37.5 Å². The van der Waals surface area contributed by atoms with E-state index < -0.39 is 11.8 Å². The molecule has 0 saturated carbocycles. The van der Waals surface area contributed by atoms with Gasteiger partial charge in [-0.1, -0.05) is 12.1 Å². The highest BCUT2D eigenvalue weighted by atomic mass is 16.3. The molecule has 0 aliphatic carbocycles. The van der Waals surface area contributed by atoms with Crippen LogP contribution in [-0.2, 0) is 9.59 Å². The fourth-order valence-corrected chi connectivity index (χ4v) is 2.56. The normalized spacial score (nSPS) is 10.9. The molecule has 158 valence electrons. The highest BCUT2D eigenvalue weighted by Crippen LogP contribution is 2.15. The van der Waals surface area contributed by atoms with Gasteiger partial charge in [0.05, 0.1) is 6.61 Å². The summed E-state index contributed by atoms with van der Waals surface area (Å²) in [6.45, 7) is 1.25. The van der Waals surface area contributed by atoms with Crippen LogP contribution < -0.4 is 20.9 Å². The van der Waals surface area contributed by atoms with E-state index in [2.05, 4.69) is 16.0 Å². The van der Waals surface area contributed by atoms with Gasteiger partial charge in [0.15, 0.2) is 0 Å². The summed E-state index contributed by atoms with van der Waals surface area (Å²) in [7, 11) is 3.85. The number of nitrogens with zero attached hydrogens (tertiary/aromatic N) is 1. The van der Waals surface area contributed by atoms with Crippen LogP contribution in [0.2, 0.25) is 0 Å². The van der Waals surface area contributed by atoms with Gasteiger partial charge in [0.25, 0.3) is 11.8 Å². The zero-order chi connectivity index (χ0) is 22.1. The lowest BCUT2D eigenvalue weighted by Gasteiger charge is -2.13. The van der Waals surface area contributed by atoms with Crippen LogP contribution in [0.25, 0.3) is 6.08 Å². The van der Waals surface area contributed by atoms with Gasteiger partial charge in [-0.05, 0) is 48.0 Å². The number of hydrogen-bond acceptors (Lipinski definition) is 5. The van der Waals surface area contributed by atoms with E-state index in [1.54, 1.807) is 30.3 Å². The second kappa shape index (κ2) is 10.8. The number of benzene rings is 2. The van der Waals surface area contributed by atoms with Crippen LogP contribution in [0.1, 0.15) is 22.8 Å². The van der Waals surface area contributed by atoms with E-state index >= 15 is 0 Å². The van der Waals surface area contributed by atoms with Gasteiger partial charge < -0.3 is 26.0 Å². The lowest BCUT2D eigenvalue weighted by atomic mass is 10.1. The predicted octanol–water partition coefficient (Wildman–Crippen LogP) is 1.59. The Hall–Kier alpha value is -3.65. The molecular weight excluding hydrogens is 384 g/mol. The van der Waals surface area contributed by atoms with Crippen LogP contribution in [0.5, 0.6) is 0 Å². The number of carbonyl (C=O) groups excluding carboxylic acids is 3. The molecule has 0 aliphatic heterocycles. The molecule has 0 aliphatic rings. The first-order valence-electron chi connectivity index (χ1n) is 9.37. The molecule has 0 aromatic heterocycles. The second-order valence-electron chi connectivity index (χ2n) is 6.74. The van der Waals surface area contributed by atoms with Crippen molar-refractivity contribution < 1.29 is 19.5 Å². The second-order valence-corrected chi connectivity index (χ2v) is 6.74. The third kappa shape index (κ3) is 6.75. The van der Waals surface area contributed by atoms with Gasteiger partial charge in [-0.15, -0.1) is 0 Å². The molecule has 8 nitrogen and oxygen atoms in total. The molecule has 0 spiro atoms. The van der Waals surface area contributed by atoms with E-state index in [4.69, 9.17) is 5.11 Å². The van der Waals surface area contributed by atoms with Gasteiger partial charge in [-0.2, -0.15) is 0 Å². The maximum atomic E-state index is 12.6. The summed E-state index contributed by atoms with van der Waals surface area (Å²) in [6.07, 6.45) is 1.57. The number of amides is 3. The summed E-state index contributed by atoms with van der Waals surface area (Å²) < 4.78 is 0. The number of aliphatic hydroxyl groups excluding tert-OH is 1. The highest BCUT2D eigenvalue weighted by molar-refractivity contribution is 6.05. The molecule has 0 bridgehead atoms. The lowest BCUT2D eigenvalue weighted by molar-refractivity contribution is -0.118. The van der Waals surface area contributed by atoms with Crippen LogP contribution in [0.4, 0.5) is 11.4 Å². The Bertz CT molecular complexity index is 919. The minimum Gasteiger partial charge on any atom is -0.395 e. The van der Waals surface area contributed by atoms with Crippen molar-refractivity contribution >= 4 is 35.2 Å². The monoisotopic (exact) mass is 410 g/mol. The van der Waals surface area contributed by atoms with Crippen molar-refractivity contribution in [2.24, 2.45) is 0 Å². The molecule has 4 N–H and O–H groups in total. The minimum absolute atomic E-state index is 0.0528. The fraction of sp³-hybridized carbons (Fsp3) is 0.227. The van der Waals surface area contributed by atoms with Crippen molar-refractivity contribution in [3.8, 4) is 0 Å². The predicted molar refractivity (Wildman–Crippen MR) is 117 cm³/mol. The topological polar surface area (TPSA) is 111 Å². The molecule has 0 radical (unpaired) electrons. The number of anilines is 2. The summed E-state index contributed by atoms with van der Waals surface area (Å²) in [4.78, 5) is 38.1. The first kappa shape index (κ1) is 22.6. The zero-order valence-electron chi connectivity index (χ0n) is 17.2. The SMILES string of the molecule is CC(=O)Nc1ccc(C(=O)NC(=Cc2ccc(N(C)C)cc2)C(=O)NCCO)cc1. The van der Waals surface area contributed by atoms with Gasteiger partial charge in [-0.25, -0.2) is 0 Å². The Kier molecular flexibility index (Phi) is 8.13. The first-order valence-corrected chi connectivity index (χ1v) is 9.37. The quantitative estimate of drug-likeness (QED) is 0.494. The molecule has 0 heterocycles. The molecule has 0 saturated heterocycles. The molecule has 0 unspecified atom stereocenters. The molecule has 3 amide bonds. The number of rotatable bonds is 8. The Labute approximate surface area is 175 Å². The molecule has 2 aromatic carbocycles. The molecular formula is C22H26N4O4. The van der Waals surface area contributed by atoms with Gasteiger partial charge in [0.2, 0.25) is 5.91 Å². The summed E-state index contributed by atoms with van der Waals surface area (Å²) >= 11 is 0. The molecule has 2 rings (SSSR count). The maximum absolute atomic E-state index is 12.6. The van der Waals surface area contributed by atoms with Crippen molar-refractivity contribution in [1.82, 2.24) is 10.6 Å². The van der Waals surface area contributed by atoms with Crippen molar-refractivity contribution in [3.05, 3.63) is 65.4 Å². The van der Waals surface area contributed by atoms with Crippen molar-refractivity contribution in [1.29, 1.82) is 0 Å². The summed E-state index contributed by atoms with van der Waals surface area (Å²) in [5, 5.41) is 16.7. The molecule has 8 heteroatoms. The van der Waals surface area contributed by atoms with Crippen LogP contribution >= 0.6 is 0 Å². The third-order valence-corrected chi connectivity index (χ3v) is 4.08. The fourth-order valence-electron chi connectivity index (χ4n) is 2.56. The standard InChI is InChI=1S/C22H26N4O4/c1-15(28)24-18-8-6-17(7-9-18)21(29)25-20(22(30)23-12-13-27)14-16-4-10-19(11-5-16)26(2)3/h4-11,14,27H,12-13H2,1-3H3,(H,23,30)(H,24,28)(H,25,29). The summed E-state index contributed by atoms with van der Waals surface area (Å²) in [6, 6.07) is 13.8. The van der Waals surface area contributed by atoms with E-state index in [-0.39, 0.29) is 24.8 Å². The van der Waals surface area contributed by atoms with Gasteiger partial charge in [-0.3, -0.25) is 14.4 Å². The Balaban J connectivity index is 2.22. The van der Waals surface area contributed by atoms with Crippen LogP contribution in [0.3, 0.4) is 0 Å². The van der Waals surface area contributed by atoms with E-state index in [1.165, 1.54) is 6.92 Å². The lowest BCUT2D eigenvalue weighted by Crippen LogP contribution is -2.36. The number of aliphatic hydroxyl groups is 1. The minimum atomic E-state index is -0.510. The van der Waals surface area contributed by atoms with E-state index in [0.29, 0.717) is 11.3 Å². The number of hydrogen-bond donors (Lipinski definition) is 4. The third-order valence-electron chi connectivity index (χ3n) is 4.08. The largest absolute Gasteiger partial charge is 0.395 e. The van der Waals surface area contributed by atoms with Gasteiger partial charge in [0, 0.05) is 44.5 Å². The average molecular weight is 410 g/mol. The van der Waals surface area contributed by atoms with Crippen LogP contribution in [0, 0.1) is 0 Å². The maximum Gasteiger partial charge on any atom is 0.267 e. The smallest absolute Gasteiger partial charge is 0.267 e. The van der Waals surface area contributed by atoms with E-state index in [1.807, 2.05) is 43.3 Å². The van der Waals surface area contributed by atoms with Crippen molar-refractivity contribution in [3.63, 3.8) is 0 Å². The molecule has 30 heavy (non-hydrogen) atoms. The summed E-state index contributed by atoms with van der Waals surface area (Å²) in [5.41, 5.74) is 2.68. The van der Waals surface area contributed by atoms with Gasteiger partial charge in [0.1, 0.15) is 5.70 Å². The highest BCUT2D eigenvalue weighted by Gasteiger charge is 2.14. The van der Waals surface area contributed by atoms with E-state index in [9.17, 15) is 14.4 Å². The Morgan fingerprint density at radius 3 is 2.17 bits per heavy atom. The van der Waals surface area contributed by atoms with Crippen molar-refractivity contribution in [2.45, 2.75) is 6.92 Å². The summed E-state index contributed by atoms with van der Waals surface area (Å²) in [5.74, 6) is -1.19. The van der Waals surface area contributed by atoms with Crippen LogP contribution in [0.15, 0.2) is 54.2 Å². The Morgan fingerprint density at radius 2 is 1.63 bits per heavy atom. The van der Waals surface area contributed by atoms with E-state index in [0.717, 1.165) is 11.3 Å². The molecule has 2 aromatic rings. The Morgan fingerprint density at radius 1 is 1.00 bits per heavy atom. The average Bonchev–Trinajstić information content (AvgIpc) is 2.71. The zero-order valence-corrected chi connectivity index (χ0v) is 17.2. The number of nitrogens with one attached hydrogen (secondary N) is 3. The van der Waals surface area contributed by atoms with Crippen LogP contribution in [-0.4, -0.2) is 50.1 Å². The first-order chi connectivity index (χ1) is 14.3. The molecule has 0 fully saturated rings. The molecule has 0 atom stereocenters.